The standard InChI is InChI=1S/C12H11N3O4/c1-13-12(16)11-7-10(19-14-11)6-8-3-2-4-9(5-8)15(17)18/h2-5,7H,6H2,1H3,(H,13,16). The van der Waals surface area contributed by atoms with Crippen molar-refractivity contribution >= 4 is 11.6 Å². The summed E-state index contributed by atoms with van der Waals surface area (Å²) in [4.78, 5) is 21.5. The van der Waals surface area contributed by atoms with Gasteiger partial charge in [0.25, 0.3) is 11.6 Å². The summed E-state index contributed by atoms with van der Waals surface area (Å²) in [7, 11) is 1.50. The molecule has 0 spiro atoms. The molecule has 0 unspecified atom stereocenters. The Hall–Kier alpha value is -2.70. The summed E-state index contributed by atoms with van der Waals surface area (Å²) in [6, 6.07) is 7.73. The molecule has 0 fully saturated rings. The highest BCUT2D eigenvalue weighted by molar-refractivity contribution is 5.91. The highest BCUT2D eigenvalue weighted by Gasteiger charge is 2.12. The number of nitrogens with one attached hydrogen (secondary N) is 1. The fraction of sp³-hybridized carbons (Fsp3) is 0.167. The fourth-order valence-corrected chi connectivity index (χ4v) is 1.61. The zero-order valence-electron chi connectivity index (χ0n) is 10.1. The number of carbonyl (C=O) groups is 1. The largest absolute Gasteiger partial charge is 0.360 e. The molecule has 2 rings (SSSR count). The van der Waals surface area contributed by atoms with Crippen LogP contribution in [0.5, 0.6) is 0 Å². The SMILES string of the molecule is CNC(=O)c1cc(Cc2cccc([N+](=O)[O-])c2)on1. The Morgan fingerprint density at radius 1 is 1.47 bits per heavy atom. The van der Waals surface area contributed by atoms with Gasteiger partial charge in [0.15, 0.2) is 5.69 Å². The van der Waals surface area contributed by atoms with E-state index in [-0.39, 0.29) is 17.3 Å². The van der Waals surface area contributed by atoms with Crippen molar-refractivity contribution in [3.63, 3.8) is 0 Å². The molecule has 0 aliphatic rings. The van der Waals surface area contributed by atoms with Crippen molar-refractivity contribution in [3.8, 4) is 0 Å². The van der Waals surface area contributed by atoms with Gasteiger partial charge in [-0.15, -0.1) is 0 Å². The zero-order valence-corrected chi connectivity index (χ0v) is 10.1. The summed E-state index contributed by atoms with van der Waals surface area (Å²) < 4.78 is 5.01. The highest BCUT2D eigenvalue weighted by Crippen LogP contribution is 2.16. The van der Waals surface area contributed by atoms with Crippen molar-refractivity contribution < 1.29 is 14.2 Å². The van der Waals surface area contributed by atoms with E-state index in [4.69, 9.17) is 4.52 Å². The second kappa shape index (κ2) is 5.30. The number of non-ortho nitro benzene ring substituents is 1. The first-order chi connectivity index (χ1) is 9.10. The van der Waals surface area contributed by atoms with Crippen LogP contribution in [0.15, 0.2) is 34.9 Å². The number of carbonyl (C=O) groups excluding carboxylic acids is 1. The summed E-state index contributed by atoms with van der Waals surface area (Å²) >= 11 is 0. The minimum Gasteiger partial charge on any atom is -0.360 e. The number of amides is 1. The molecule has 0 atom stereocenters. The molecule has 7 heteroatoms. The number of nitro groups is 1. The molecular weight excluding hydrogens is 250 g/mol. The molecule has 98 valence electrons. The van der Waals surface area contributed by atoms with Gasteiger partial charge in [-0.1, -0.05) is 17.3 Å². The van der Waals surface area contributed by atoms with Crippen LogP contribution in [0.2, 0.25) is 0 Å². The van der Waals surface area contributed by atoms with Crippen LogP contribution in [0.4, 0.5) is 5.69 Å². The Bertz CT molecular complexity index is 621. The molecule has 0 saturated heterocycles. The predicted molar refractivity (Wildman–Crippen MR) is 65.8 cm³/mol. The molecule has 0 radical (unpaired) electrons. The van der Waals surface area contributed by atoms with E-state index in [9.17, 15) is 14.9 Å². The summed E-state index contributed by atoms with van der Waals surface area (Å²) in [5, 5.41) is 16.7. The Kier molecular flexibility index (Phi) is 3.56. The average Bonchev–Trinajstić information content (AvgIpc) is 2.86. The maximum Gasteiger partial charge on any atom is 0.273 e. The lowest BCUT2D eigenvalue weighted by molar-refractivity contribution is -0.384. The van der Waals surface area contributed by atoms with Gasteiger partial charge in [0.2, 0.25) is 0 Å². The van der Waals surface area contributed by atoms with Gasteiger partial charge in [-0.05, 0) is 5.56 Å². The van der Waals surface area contributed by atoms with Gasteiger partial charge in [-0.25, -0.2) is 0 Å². The third kappa shape index (κ3) is 2.95. The molecule has 1 aromatic carbocycles. The molecule has 7 nitrogen and oxygen atoms in total. The van der Waals surface area contributed by atoms with Crippen molar-refractivity contribution in [2.24, 2.45) is 0 Å². The maximum absolute atomic E-state index is 11.3. The Balaban J connectivity index is 2.17. The van der Waals surface area contributed by atoms with E-state index in [0.29, 0.717) is 17.7 Å². The molecule has 19 heavy (non-hydrogen) atoms. The van der Waals surface area contributed by atoms with Gasteiger partial charge in [0, 0.05) is 31.7 Å². The normalized spacial score (nSPS) is 10.2. The summed E-state index contributed by atoms with van der Waals surface area (Å²) in [5.74, 6) is 0.133. The van der Waals surface area contributed by atoms with Crippen LogP contribution in [0.3, 0.4) is 0 Å². The summed E-state index contributed by atoms with van der Waals surface area (Å²) in [5.41, 5.74) is 0.917. The minimum absolute atomic E-state index is 0.0172. The van der Waals surface area contributed by atoms with E-state index in [2.05, 4.69) is 10.5 Å². The van der Waals surface area contributed by atoms with Gasteiger partial charge in [-0.2, -0.15) is 0 Å². The Labute approximate surface area is 108 Å². The van der Waals surface area contributed by atoms with E-state index in [1.165, 1.54) is 25.2 Å². The van der Waals surface area contributed by atoms with E-state index < -0.39 is 4.92 Å². The van der Waals surface area contributed by atoms with Gasteiger partial charge in [0.1, 0.15) is 5.76 Å². The van der Waals surface area contributed by atoms with Gasteiger partial charge in [-0.3, -0.25) is 14.9 Å². The van der Waals surface area contributed by atoms with Crippen LogP contribution in [-0.4, -0.2) is 23.0 Å². The number of hydrogen-bond donors (Lipinski definition) is 1. The first kappa shape index (κ1) is 12.7. The number of nitrogens with zero attached hydrogens (tertiary/aromatic N) is 2. The fourth-order valence-electron chi connectivity index (χ4n) is 1.61. The second-order valence-electron chi connectivity index (χ2n) is 3.86. The molecule has 0 aliphatic heterocycles. The van der Waals surface area contributed by atoms with Crippen LogP contribution in [0, 0.1) is 10.1 Å². The molecule has 0 saturated carbocycles. The lowest BCUT2D eigenvalue weighted by Gasteiger charge is -1.97. The van der Waals surface area contributed by atoms with Crippen molar-refractivity contribution in [1.29, 1.82) is 0 Å². The van der Waals surface area contributed by atoms with Crippen LogP contribution < -0.4 is 5.32 Å². The monoisotopic (exact) mass is 261 g/mol. The van der Waals surface area contributed by atoms with Crippen LogP contribution in [0.1, 0.15) is 21.8 Å². The van der Waals surface area contributed by atoms with E-state index in [0.717, 1.165) is 0 Å². The highest BCUT2D eigenvalue weighted by atomic mass is 16.6. The number of benzene rings is 1. The molecule has 1 amide bonds. The number of rotatable bonds is 4. The van der Waals surface area contributed by atoms with Gasteiger partial charge >= 0.3 is 0 Å². The van der Waals surface area contributed by atoms with E-state index in [1.807, 2.05) is 0 Å². The first-order valence-electron chi connectivity index (χ1n) is 5.51. The first-order valence-corrected chi connectivity index (χ1v) is 5.51. The molecule has 2 aromatic rings. The van der Waals surface area contributed by atoms with E-state index in [1.54, 1.807) is 12.1 Å². The summed E-state index contributed by atoms with van der Waals surface area (Å²) in [6.45, 7) is 0. The Morgan fingerprint density at radius 2 is 2.26 bits per heavy atom. The topological polar surface area (TPSA) is 98.3 Å². The van der Waals surface area contributed by atoms with Crippen molar-refractivity contribution in [3.05, 3.63) is 57.5 Å². The van der Waals surface area contributed by atoms with Crippen LogP contribution >= 0.6 is 0 Å². The number of aromatic nitrogens is 1. The number of hydrogen-bond acceptors (Lipinski definition) is 5. The summed E-state index contributed by atoms with van der Waals surface area (Å²) in [6.07, 6.45) is 0.339. The van der Waals surface area contributed by atoms with E-state index >= 15 is 0 Å². The van der Waals surface area contributed by atoms with Crippen molar-refractivity contribution in [2.45, 2.75) is 6.42 Å². The molecule has 0 aliphatic carbocycles. The quantitative estimate of drug-likeness (QED) is 0.664. The third-order valence-corrected chi connectivity index (χ3v) is 2.52. The lowest BCUT2D eigenvalue weighted by Crippen LogP contribution is -2.17. The third-order valence-electron chi connectivity index (χ3n) is 2.52. The Morgan fingerprint density at radius 3 is 2.95 bits per heavy atom. The molecule has 1 aromatic heterocycles. The van der Waals surface area contributed by atoms with Gasteiger partial charge < -0.3 is 9.84 Å². The van der Waals surface area contributed by atoms with Crippen LogP contribution in [-0.2, 0) is 6.42 Å². The average molecular weight is 261 g/mol. The molecular formula is C12H11N3O4. The predicted octanol–water partition coefficient (Wildman–Crippen LogP) is 1.53. The second-order valence-corrected chi connectivity index (χ2v) is 3.86. The van der Waals surface area contributed by atoms with Gasteiger partial charge in [0.05, 0.1) is 4.92 Å². The smallest absolute Gasteiger partial charge is 0.273 e. The minimum atomic E-state index is -0.458. The van der Waals surface area contributed by atoms with Crippen molar-refractivity contribution in [2.75, 3.05) is 7.05 Å². The molecule has 1 heterocycles. The lowest BCUT2D eigenvalue weighted by atomic mass is 10.1. The van der Waals surface area contributed by atoms with Crippen molar-refractivity contribution in [1.82, 2.24) is 10.5 Å². The molecule has 0 bridgehead atoms. The zero-order chi connectivity index (χ0) is 13.8. The maximum atomic E-state index is 11.3. The van der Waals surface area contributed by atoms with Crippen LogP contribution in [0.25, 0.3) is 0 Å². The number of nitro benzene ring substituents is 1. The molecule has 1 N–H and O–H groups in total.